The van der Waals surface area contributed by atoms with Crippen molar-refractivity contribution in [1.29, 1.82) is 0 Å². The van der Waals surface area contributed by atoms with Crippen molar-refractivity contribution >= 4 is 5.97 Å². The molecule has 0 amide bonds. The van der Waals surface area contributed by atoms with Crippen molar-refractivity contribution in [3.63, 3.8) is 0 Å². The molecule has 0 bridgehead atoms. The summed E-state index contributed by atoms with van der Waals surface area (Å²) in [6.07, 6.45) is 9.16. The van der Waals surface area contributed by atoms with E-state index >= 15 is 0 Å². The summed E-state index contributed by atoms with van der Waals surface area (Å²) in [5.74, 6) is 0.980. The molecule has 0 radical (unpaired) electrons. The van der Waals surface area contributed by atoms with Crippen molar-refractivity contribution in [2.75, 3.05) is 0 Å². The Hall–Kier alpha value is -1.05. The minimum absolute atomic E-state index is 0.0320. The van der Waals surface area contributed by atoms with E-state index in [9.17, 15) is 4.79 Å². The highest BCUT2D eigenvalue weighted by Crippen LogP contribution is 2.36. The van der Waals surface area contributed by atoms with Crippen molar-refractivity contribution in [1.82, 2.24) is 0 Å². The summed E-state index contributed by atoms with van der Waals surface area (Å²) in [5, 5.41) is 0. The highest BCUT2D eigenvalue weighted by molar-refractivity contribution is 5.80. The molecule has 2 heteroatoms. The molecule has 0 spiro atoms. The van der Waals surface area contributed by atoms with Crippen molar-refractivity contribution in [3.8, 4) is 0 Å². The first-order valence-electron chi connectivity index (χ1n) is 5.41. The zero-order chi connectivity index (χ0) is 9.97. The van der Waals surface area contributed by atoms with Crippen LogP contribution in [0.2, 0.25) is 0 Å². The van der Waals surface area contributed by atoms with Gasteiger partial charge in [0.1, 0.15) is 5.76 Å². The molecule has 1 aliphatic heterocycles. The quantitative estimate of drug-likeness (QED) is 0.507. The van der Waals surface area contributed by atoms with Crippen LogP contribution >= 0.6 is 0 Å². The molecule has 0 aromatic rings. The van der Waals surface area contributed by atoms with Gasteiger partial charge in [-0.2, -0.15) is 0 Å². The molecule has 1 heterocycles. The Morgan fingerprint density at radius 1 is 1.50 bits per heavy atom. The van der Waals surface area contributed by atoms with Gasteiger partial charge in [-0.1, -0.05) is 25.5 Å². The summed E-state index contributed by atoms with van der Waals surface area (Å²) in [4.78, 5) is 11.5. The number of carbonyl (C=O) groups is 1. The maximum absolute atomic E-state index is 11.5. The lowest BCUT2D eigenvalue weighted by molar-refractivity contribution is -0.140. The average molecular weight is 192 g/mol. The molecule has 1 atom stereocenters. The van der Waals surface area contributed by atoms with E-state index in [-0.39, 0.29) is 11.9 Å². The minimum atomic E-state index is -0.0320. The van der Waals surface area contributed by atoms with E-state index in [2.05, 4.69) is 19.1 Å². The number of unbranched alkanes of at least 4 members (excludes halogenated alkanes) is 1. The number of hydrogen-bond acceptors (Lipinski definition) is 2. The van der Waals surface area contributed by atoms with Gasteiger partial charge >= 0.3 is 5.97 Å². The average Bonchev–Trinajstić information content (AvgIpc) is 2.54. The predicted molar refractivity (Wildman–Crippen MR) is 54.5 cm³/mol. The van der Waals surface area contributed by atoms with Gasteiger partial charge in [0.25, 0.3) is 0 Å². The number of hydrogen-bond donors (Lipinski definition) is 0. The van der Waals surface area contributed by atoms with E-state index in [0.717, 1.165) is 37.9 Å². The SMILES string of the molecule is CCCCC1=C2CC=CCC2C(=O)O1. The van der Waals surface area contributed by atoms with Crippen molar-refractivity contribution in [2.45, 2.75) is 39.0 Å². The maximum atomic E-state index is 11.5. The van der Waals surface area contributed by atoms with Gasteiger partial charge in [-0.05, 0) is 24.8 Å². The van der Waals surface area contributed by atoms with Gasteiger partial charge in [0, 0.05) is 6.42 Å². The Bertz CT molecular complexity index is 299. The molecule has 0 N–H and O–H groups in total. The van der Waals surface area contributed by atoms with Crippen LogP contribution in [0.3, 0.4) is 0 Å². The standard InChI is InChI=1S/C12H16O2/c1-2-3-8-11-9-6-4-5-7-10(9)12(13)14-11/h4-5,10H,2-3,6-8H2,1H3. The third-order valence-corrected chi connectivity index (χ3v) is 2.92. The second-order valence-corrected chi connectivity index (χ2v) is 3.94. The van der Waals surface area contributed by atoms with Crippen LogP contribution in [0, 0.1) is 5.92 Å². The second-order valence-electron chi connectivity index (χ2n) is 3.94. The fourth-order valence-corrected chi connectivity index (χ4v) is 2.08. The molecule has 0 aromatic heterocycles. The fourth-order valence-electron chi connectivity index (χ4n) is 2.08. The highest BCUT2D eigenvalue weighted by Gasteiger charge is 2.34. The van der Waals surface area contributed by atoms with Crippen LogP contribution in [0.25, 0.3) is 0 Å². The molecule has 0 aromatic carbocycles. The molecule has 14 heavy (non-hydrogen) atoms. The largest absolute Gasteiger partial charge is 0.431 e. The number of ether oxygens (including phenoxy) is 1. The van der Waals surface area contributed by atoms with Crippen molar-refractivity contribution < 1.29 is 9.53 Å². The lowest BCUT2D eigenvalue weighted by atomic mass is 9.89. The first-order valence-corrected chi connectivity index (χ1v) is 5.41. The molecular formula is C12H16O2. The van der Waals surface area contributed by atoms with E-state index in [4.69, 9.17) is 4.74 Å². The lowest BCUT2D eigenvalue weighted by Crippen LogP contribution is -2.12. The van der Waals surface area contributed by atoms with Crippen LogP contribution in [0.4, 0.5) is 0 Å². The summed E-state index contributed by atoms with van der Waals surface area (Å²) in [7, 11) is 0. The lowest BCUT2D eigenvalue weighted by Gasteiger charge is -2.11. The zero-order valence-electron chi connectivity index (χ0n) is 8.58. The molecule has 1 aliphatic carbocycles. The van der Waals surface area contributed by atoms with Crippen LogP contribution in [-0.2, 0) is 9.53 Å². The number of cyclic esters (lactones) is 1. The van der Waals surface area contributed by atoms with Crippen LogP contribution < -0.4 is 0 Å². The Morgan fingerprint density at radius 2 is 2.36 bits per heavy atom. The monoisotopic (exact) mass is 192 g/mol. The van der Waals surface area contributed by atoms with Gasteiger partial charge in [0.05, 0.1) is 5.92 Å². The number of carbonyl (C=O) groups excluding carboxylic acids is 1. The zero-order valence-corrected chi connectivity index (χ0v) is 8.58. The summed E-state index contributed by atoms with van der Waals surface area (Å²) >= 11 is 0. The Balaban J connectivity index is 2.13. The molecular weight excluding hydrogens is 176 g/mol. The maximum Gasteiger partial charge on any atom is 0.318 e. The van der Waals surface area contributed by atoms with Crippen LogP contribution in [-0.4, -0.2) is 5.97 Å². The number of rotatable bonds is 3. The molecule has 0 saturated heterocycles. The third kappa shape index (κ3) is 1.61. The third-order valence-electron chi connectivity index (χ3n) is 2.92. The van der Waals surface area contributed by atoms with Crippen LogP contribution in [0.5, 0.6) is 0 Å². The normalized spacial score (nSPS) is 25.2. The van der Waals surface area contributed by atoms with Crippen molar-refractivity contribution in [3.05, 3.63) is 23.5 Å². The van der Waals surface area contributed by atoms with E-state index in [0.29, 0.717) is 0 Å². The molecule has 0 saturated carbocycles. The molecule has 76 valence electrons. The second kappa shape index (κ2) is 3.99. The Kier molecular flexibility index (Phi) is 2.71. The van der Waals surface area contributed by atoms with Gasteiger partial charge in [0.15, 0.2) is 0 Å². The Labute approximate surface area is 84.6 Å². The molecule has 1 unspecified atom stereocenters. The molecule has 0 fully saturated rings. The number of allylic oxidation sites excluding steroid dienone is 3. The van der Waals surface area contributed by atoms with E-state index in [1.165, 1.54) is 5.57 Å². The molecule has 2 rings (SSSR count). The number of esters is 1. The minimum Gasteiger partial charge on any atom is -0.431 e. The molecule has 2 aliphatic rings. The van der Waals surface area contributed by atoms with Crippen LogP contribution in [0.15, 0.2) is 23.5 Å². The summed E-state index contributed by atoms with van der Waals surface area (Å²) in [6, 6.07) is 0. The smallest absolute Gasteiger partial charge is 0.318 e. The summed E-state index contributed by atoms with van der Waals surface area (Å²) in [5.41, 5.74) is 1.24. The van der Waals surface area contributed by atoms with Gasteiger partial charge in [0.2, 0.25) is 0 Å². The summed E-state index contributed by atoms with van der Waals surface area (Å²) in [6.45, 7) is 2.15. The van der Waals surface area contributed by atoms with E-state index in [1.807, 2.05) is 0 Å². The van der Waals surface area contributed by atoms with E-state index < -0.39 is 0 Å². The van der Waals surface area contributed by atoms with Gasteiger partial charge < -0.3 is 4.74 Å². The highest BCUT2D eigenvalue weighted by atomic mass is 16.5. The molecule has 2 nitrogen and oxygen atoms in total. The van der Waals surface area contributed by atoms with Crippen LogP contribution in [0.1, 0.15) is 39.0 Å². The van der Waals surface area contributed by atoms with Gasteiger partial charge in [-0.3, -0.25) is 4.79 Å². The first kappa shape index (κ1) is 9.50. The predicted octanol–water partition coefficient (Wildman–Crippen LogP) is 2.95. The van der Waals surface area contributed by atoms with E-state index in [1.54, 1.807) is 0 Å². The van der Waals surface area contributed by atoms with Gasteiger partial charge in [-0.15, -0.1) is 0 Å². The van der Waals surface area contributed by atoms with Gasteiger partial charge in [-0.25, -0.2) is 0 Å². The fraction of sp³-hybridized carbons (Fsp3) is 0.583. The topological polar surface area (TPSA) is 26.3 Å². The Morgan fingerprint density at radius 3 is 3.14 bits per heavy atom. The number of fused-ring (bicyclic) bond motifs is 1. The first-order chi connectivity index (χ1) is 6.83. The van der Waals surface area contributed by atoms with Crippen molar-refractivity contribution in [2.24, 2.45) is 5.92 Å². The summed E-state index contributed by atoms with van der Waals surface area (Å²) < 4.78 is 5.31.